The van der Waals surface area contributed by atoms with E-state index in [2.05, 4.69) is 21.0 Å². The summed E-state index contributed by atoms with van der Waals surface area (Å²) < 4.78 is 0. The lowest BCUT2D eigenvalue weighted by Crippen LogP contribution is -1.97. The Bertz CT molecular complexity index is 732. The number of aromatic nitrogens is 3. The minimum atomic E-state index is 0.514. The molecular weight excluding hydrogens is 268 g/mol. The number of hydrogen-bond donors (Lipinski definition) is 1. The lowest BCUT2D eigenvalue weighted by Gasteiger charge is -2.06. The number of aryl methyl sites for hydroxylation is 1. The number of nitrogens with two attached hydrogens (primary N) is 1. The molecule has 0 unspecified atom stereocenters. The van der Waals surface area contributed by atoms with Crippen LogP contribution in [0, 0.1) is 6.92 Å². The molecular formula is C15H14N4S. The van der Waals surface area contributed by atoms with E-state index in [-0.39, 0.29) is 0 Å². The Kier molecular flexibility index (Phi) is 3.52. The zero-order valence-electron chi connectivity index (χ0n) is 11.1. The Morgan fingerprint density at radius 2 is 2.00 bits per heavy atom. The molecule has 1 aromatic carbocycles. The normalized spacial score (nSPS) is 10.8. The molecule has 0 spiro atoms. The molecule has 2 heterocycles. The van der Waals surface area contributed by atoms with Crippen molar-refractivity contribution in [3.8, 4) is 0 Å². The van der Waals surface area contributed by atoms with Gasteiger partial charge in [-0.15, -0.1) is 0 Å². The van der Waals surface area contributed by atoms with E-state index >= 15 is 0 Å². The summed E-state index contributed by atoms with van der Waals surface area (Å²) in [6, 6.07) is 11.9. The Balaban J connectivity index is 1.87. The quantitative estimate of drug-likeness (QED) is 0.590. The summed E-state index contributed by atoms with van der Waals surface area (Å²) in [5.41, 5.74) is 8.87. The molecule has 0 aliphatic rings. The number of benzene rings is 1. The van der Waals surface area contributed by atoms with Crippen molar-refractivity contribution in [1.82, 2.24) is 15.0 Å². The Labute approximate surface area is 121 Å². The number of anilines is 1. The first-order valence-electron chi connectivity index (χ1n) is 6.29. The monoisotopic (exact) mass is 282 g/mol. The van der Waals surface area contributed by atoms with Crippen LogP contribution in [0.2, 0.25) is 0 Å². The first-order chi connectivity index (χ1) is 9.72. The number of fused-ring (bicyclic) bond motifs is 1. The lowest BCUT2D eigenvalue weighted by molar-refractivity contribution is 0.940. The Morgan fingerprint density at radius 3 is 2.85 bits per heavy atom. The largest absolute Gasteiger partial charge is 0.384 e. The smallest absolute Gasteiger partial charge is 0.190 e. The van der Waals surface area contributed by atoms with Gasteiger partial charge in [0.05, 0.1) is 5.52 Å². The zero-order chi connectivity index (χ0) is 13.9. The maximum absolute atomic E-state index is 5.74. The summed E-state index contributed by atoms with van der Waals surface area (Å²) >= 11 is 1.59. The molecule has 0 radical (unpaired) electrons. The van der Waals surface area contributed by atoms with Gasteiger partial charge in [-0.3, -0.25) is 4.98 Å². The molecule has 2 N–H and O–H groups in total. The summed E-state index contributed by atoms with van der Waals surface area (Å²) in [6.45, 7) is 1.92. The van der Waals surface area contributed by atoms with Gasteiger partial charge in [0, 0.05) is 29.1 Å². The van der Waals surface area contributed by atoms with Crippen LogP contribution in [0.5, 0.6) is 0 Å². The first-order valence-corrected chi connectivity index (χ1v) is 7.27. The number of nitrogen functional groups attached to an aromatic ring is 1. The van der Waals surface area contributed by atoms with Crippen molar-refractivity contribution < 1.29 is 0 Å². The number of pyridine rings is 1. The van der Waals surface area contributed by atoms with Crippen molar-refractivity contribution >= 4 is 28.5 Å². The summed E-state index contributed by atoms with van der Waals surface area (Å²) in [5.74, 6) is 1.31. The van der Waals surface area contributed by atoms with Gasteiger partial charge in [-0.2, -0.15) is 0 Å². The van der Waals surface area contributed by atoms with Crippen LogP contribution in [0.25, 0.3) is 10.9 Å². The van der Waals surface area contributed by atoms with Gasteiger partial charge in [0.1, 0.15) is 5.82 Å². The number of rotatable bonds is 3. The highest BCUT2D eigenvalue weighted by Crippen LogP contribution is 2.24. The number of nitrogens with zero attached hydrogens (tertiary/aromatic N) is 3. The summed E-state index contributed by atoms with van der Waals surface area (Å²) in [7, 11) is 0. The van der Waals surface area contributed by atoms with E-state index in [0.29, 0.717) is 11.0 Å². The van der Waals surface area contributed by atoms with Crippen LogP contribution < -0.4 is 5.73 Å². The molecule has 2 aromatic heterocycles. The van der Waals surface area contributed by atoms with Crippen LogP contribution in [-0.2, 0) is 5.75 Å². The molecule has 0 fully saturated rings. The number of hydrogen-bond acceptors (Lipinski definition) is 5. The van der Waals surface area contributed by atoms with E-state index in [0.717, 1.165) is 17.0 Å². The van der Waals surface area contributed by atoms with E-state index in [4.69, 9.17) is 5.73 Å². The molecule has 0 atom stereocenters. The van der Waals surface area contributed by atoms with Crippen molar-refractivity contribution in [2.45, 2.75) is 17.8 Å². The maximum atomic E-state index is 5.74. The molecule has 0 bridgehead atoms. The van der Waals surface area contributed by atoms with Gasteiger partial charge in [0.25, 0.3) is 0 Å². The predicted octanol–water partition coefficient (Wildman–Crippen LogP) is 3.21. The topological polar surface area (TPSA) is 64.7 Å². The van der Waals surface area contributed by atoms with Crippen molar-refractivity contribution in [2.24, 2.45) is 0 Å². The van der Waals surface area contributed by atoms with E-state index in [1.807, 2.05) is 37.4 Å². The highest BCUT2D eigenvalue weighted by molar-refractivity contribution is 7.98. The van der Waals surface area contributed by atoms with Crippen LogP contribution in [0.4, 0.5) is 5.82 Å². The van der Waals surface area contributed by atoms with Crippen LogP contribution in [0.3, 0.4) is 0 Å². The fraction of sp³-hybridized carbons (Fsp3) is 0.133. The molecule has 3 rings (SSSR count). The molecule has 3 aromatic rings. The van der Waals surface area contributed by atoms with E-state index < -0.39 is 0 Å². The first kappa shape index (κ1) is 12.9. The van der Waals surface area contributed by atoms with Crippen LogP contribution in [0.15, 0.2) is 47.8 Å². The average Bonchev–Trinajstić information content (AvgIpc) is 2.44. The highest BCUT2D eigenvalue weighted by Gasteiger charge is 2.05. The van der Waals surface area contributed by atoms with Crippen molar-refractivity contribution in [3.05, 3.63) is 53.9 Å². The van der Waals surface area contributed by atoms with Gasteiger partial charge in [0.15, 0.2) is 5.16 Å². The van der Waals surface area contributed by atoms with E-state index in [1.54, 1.807) is 17.8 Å². The SMILES string of the molecule is Cc1cc(N)nc(SCc2ccnc3ccccc23)n1. The number of thioether (sulfide) groups is 1. The minimum Gasteiger partial charge on any atom is -0.384 e. The summed E-state index contributed by atoms with van der Waals surface area (Å²) in [4.78, 5) is 13.0. The van der Waals surface area contributed by atoms with E-state index in [9.17, 15) is 0 Å². The Morgan fingerprint density at radius 1 is 1.15 bits per heavy atom. The maximum Gasteiger partial charge on any atom is 0.190 e. The molecule has 20 heavy (non-hydrogen) atoms. The molecule has 0 saturated carbocycles. The second-order valence-corrected chi connectivity index (χ2v) is 5.44. The number of para-hydroxylation sites is 1. The standard InChI is InChI=1S/C15H14N4S/c1-10-8-14(16)19-15(18-10)20-9-11-6-7-17-13-5-3-2-4-12(11)13/h2-8H,9H2,1H3,(H2,16,18,19). The van der Waals surface area contributed by atoms with Crippen molar-refractivity contribution in [3.63, 3.8) is 0 Å². The molecule has 100 valence electrons. The van der Waals surface area contributed by atoms with Gasteiger partial charge in [-0.1, -0.05) is 30.0 Å². The second kappa shape index (κ2) is 5.46. The fourth-order valence-corrected chi connectivity index (χ4v) is 2.97. The van der Waals surface area contributed by atoms with Crippen molar-refractivity contribution in [2.75, 3.05) is 5.73 Å². The lowest BCUT2D eigenvalue weighted by atomic mass is 10.1. The molecule has 0 amide bonds. The molecule has 5 heteroatoms. The Hall–Kier alpha value is -2.14. The minimum absolute atomic E-state index is 0.514. The van der Waals surface area contributed by atoms with Crippen LogP contribution in [-0.4, -0.2) is 15.0 Å². The van der Waals surface area contributed by atoms with E-state index in [1.165, 1.54) is 10.9 Å². The highest BCUT2D eigenvalue weighted by atomic mass is 32.2. The van der Waals surface area contributed by atoms with Crippen molar-refractivity contribution in [1.29, 1.82) is 0 Å². The van der Waals surface area contributed by atoms with Gasteiger partial charge < -0.3 is 5.73 Å². The molecule has 0 aliphatic heterocycles. The zero-order valence-corrected chi connectivity index (χ0v) is 11.9. The average molecular weight is 282 g/mol. The molecule has 0 saturated heterocycles. The molecule has 4 nitrogen and oxygen atoms in total. The predicted molar refractivity (Wildman–Crippen MR) is 82.5 cm³/mol. The summed E-state index contributed by atoms with van der Waals surface area (Å²) in [5, 5.41) is 1.88. The van der Waals surface area contributed by atoms with Gasteiger partial charge >= 0.3 is 0 Å². The summed E-state index contributed by atoms with van der Waals surface area (Å²) in [6.07, 6.45) is 1.84. The van der Waals surface area contributed by atoms with Gasteiger partial charge in [-0.05, 0) is 24.6 Å². The van der Waals surface area contributed by atoms with Gasteiger partial charge in [0.2, 0.25) is 0 Å². The molecule has 0 aliphatic carbocycles. The second-order valence-electron chi connectivity index (χ2n) is 4.49. The third-order valence-electron chi connectivity index (χ3n) is 2.95. The third-order valence-corrected chi connectivity index (χ3v) is 3.85. The third kappa shape index (κ3) is 2.72. The van der Waals surface area contributed by atoms with Crippen LogP contribution in [0.1, 0.15) is 11.3 Å². The van der Waals surface area contributed by atoms with Crippen LogP contribution >= 0.6 is 11.8 Å². The van der Waals surface area contributed by atoms with Gasteiger partial charge in [-0.25, -0.2) is 9.97 Å². The fourth-order valence-electron chi connectivity index (χ4n) is 2.05.